The molecular formula is C29H33N5OS. The van der Waals surface area contributed by atoms with Gasteiger partial charge in [-0.15, -0.1) is 0 Å². The molecule has 1 saturated heterocycles. The van der Waals surface area contributed by atoms with Crippen molar-refractivity contribution in [1.82, 2.24) is 24.8 Å². The highest BCUT2D eigenvalue weighted by Crippen LogP contribution is 2.28. The number of aromatic nitrogens is 3. The zero-order chi connectivity index (χ0) is 24.9. The predicted molar refractivity (Wildman–Crippen MR) is 146 cm³/mol. The summed E-state index contributed by atoms with van der Waals surface area (Å²) >= 11 is 1.71. The Morgan fingerprint density at radius 1 is 1.14 bits per heavy atom. The van der Waals surface area contributed by atoms with E-state index >= 15 is 0 Å². The van der Waals surface area contributed by atoms with E-state index in [1.165, 1.54) is 17.5 Å². The van der Waals surface area contributed by atoms with Crippen molar-refractivity contribution < 1.29 is 4.79 Å². The molecule has 1 amide bonds. The number of nitrogens with one attached hydrogen (secondary N) is 1. The first-order chi connectivity index (χ1) is 17.6. The minimum atomic E-state index is 0.00433. The summed E-state index contributed by atoms with van der Waals surface area (Å²) in [6.07, 6.45) is 6.06. The summed E-state index contributed by atoms with van der Waals surface area (Å²) in [5, 5.41) is 4.10. The molecular weight excluding hydrogens is 466 g/mol. The molecule has 0 radical (unpaired) electrons. The van der Waals surface area contributed by atoms with Gasteiger partial charge in [-0.25, -0.2) is 4.98 Å². The van der Waals surface area contributed by atoms with Gasteiger partial charge in [0.05, 0.1) is 23.8 Å². The second kappa shape index (κ2) is 11.3. The first-order valence-electron chi connectivity index (χ1n) is 12.7. The van der Waals surface area contributed by atoms with Crippen molar-refractivity contribution in [3.8, 4) is 0 Å². The summed E-state index contributed by atoms with van der Waals surface area (Å²) in [7, 11) is 0. The molecule has 0 bridgehead atoms. The molecule has 1 atom stereocenters. The van der Waals surface area contributed by atoms with Crippen LogP contribution in [0.4, 0.5) is 0 Å². The van der Waals surface area contributed by atoms with E-state index < -0.39 is 0 Å². The topological polar surface area (TPSA) is 63.1 Å². The van der Waals surface area contributed by atoms with Gasteiger partial charge >= 0.3 is 0 Å². The molecule has 2 aromatic carbocycles. The van der Waals surface area contributed by atoms with Crippen molar-refractivity contribution in [2.24, 2.45) is 0 Å². The van der Waals surface area contributed by atoms with Crippen LogP contribution in [-0.4, -0.2) is 51.0 Å². The number of amides is 1. The van der Waals surface area contributed by atoms with Gasteiger partial charge in [-0.3, -0.25) is 14.7 Å². The van der Waals surface area contributed by atoms with Crippen LogP contribution in [-0.2, 0) is 12.3 Å². The van der Waals surface area contributed by atoms with Crippen LogP contribution in [0.5, 0.6) is 0 Å². The molecule has 36 heavy (non-hydrogen) atoms. The standard InChI is InChI=1S/C29H33N5OS/c1-3-33-16-6-9-25(33)17-31-28(35)23-12-10-22(11-13-23)20-36-29-32-26-14-15-30-18-27(26)34(29)19-24-8-5-4-7-21(24)2/h4-5,7-8,10-15,18,25H,3,6,9,16-17,19-20H2,1-2H3,(H,31,35)/t25-/m1/s1. The second-order valence-electron chi connectivity index (χ2n) is 9.39. The third kappa shape index (κ3) is 5.47. The van der Waals surface area contributed by atoms with Crippen LogP contribution >= 0.6 is 11.8 Å². The van der Waals surface area contributed by atoms with Crippen molar-refractivity contribution in [2.45, 2.75) is 50.2 Å². The molecule has 1 aliphatic heterocycles. The van der Waals surface area contributed by atoms with Crippen molar-refractivity contribution >= 4 is 28.7 Å². The number of likely N-dealkylation sites (tertiary alicyclic amines) is 1. The van der Waals surface area contributed by atoms with Gasteiger partial charge in [0, 0.05) is 30.1 Å². The number of imidazole rings is 1. The van der Waals surface area contributed by atoms with E-state index in [9.17, 15) is 4.79 Å². The molecule has 3 heterocycles. The fourth-order valence-corrected chi connectivity index (χ4v) is 5.89. The first kappa shape index (κ1) is 24.5. The fourth-order valence-electron chi connectivity index (χ4n) is 4.92. The molecule has 186 valence electrons. The highest BCUT2D eigenvalue weighted by Gasteiger charge is 2.23. The Labute approximate surface area is 217 Å². The lowest BCUT2D eigenvalue weighted by Crippen LogP contribution is -2.40. The Kier molecular flexibility index (Phi) is 7.68. The van der Waals surface area contributed by atoms with Gasteiger partial charge in [-0.1, -0.05) is 55.1 Å². The molecule has 0 spiro atoms. The molecule has 1 aliphatic rings. The van der Waals surface area contributed by atoms with E-state index in [-0.39, 0.29) is 5.91 Å². The van der Waals surface area contributed by atoms with Gasteiger partial charge in [0.2, 0.25) is 0 Å². The Balaban J connectivity index is 1.25. The maximum atomic E-state index is 12.7. The largest absolute Gasteiger partial charge is 0.350 e. The first-order valence-corrected chi connectivity index (χ1v) is 13.7. The lowest BCUT2D eigenvalue weighted by atomic mass is 10.1. The molecule has 0 saturated carbocycles. The number of thioether (sulfide) groups is 1. The maximum absolute atomic E-state index is 12.7. The molecule has 0 aliphatic carbocycles. The minimum absolute atomic E-state index is 0.00433. The summed E-state index contributed by atoms with van der Waals surface area (Å²) in [4.78, 5) is 24.4. The van der Waals surface area contributed by atoms with Crippen LogP contribution in [0.2, 0.25) is 0 Å². The maximum Gasteiger partial charge on any atom is 0.251 e. The van der Waals surface area contributed by atoms with Gasteiger partial charge in [0.1, 0.15) is 0 Å². The van der Waals surface area contributed by atoms with Gasteiger partial charge in [0.25, 0.3) is 5.91 Å². The number of fused-ring (bicyclic) bond motifs is 1. The molecule has 4 aromatic rings. The lowest BCUT2D eigenvalue weighted by Gasteiger charge is -2.22. The number of carbonyl (C=O) groups excluding carboxylic acids is 1. The van der Waals surface area contributed by atoms with E-state index in [4.69, 9.17) is 4.98 Å². The number of aryl methyl sites for hydroxylation is 1. The van der Waals surface area contributed by atoms with E-state index in [0.717, 1.165) is 60.1 Å². The van der Waals surface area contributed by atoms with Crippen LogP contribution < -0.4 is 5.32 Å². The molecule has 7 heteroatoms. The summed E-state index contributed by atoms with van der Waals surface area (Å²) < 4.78 is 2.25. The molecule has 1 fully saturated rings. The van der Waals surface area contributed by atoms with Crippen LogP contribution in [0.25, 0.3) is 11.0 Å². The molecule has 6 nitrogen and oxygen atoms in total. The lowest BCUT2D eigenvalue weighted by molar-refractivity contribution is 0.0941. The Morgan fingerprint density at radius 2 is 1.97 bits per heavy atom. The number of rotatable bonds is 9. The summed E-state index contributed by atoms with van der Waals surface area (Å²) in [6.45, 7) is 7.99. The Bertz CT molecular complexity index is 1330. The van der Waals surface area contributed by atoms with E-state index in [1.54, 1.807) is 18.0 Å². The quantitative estimate of drug-likeness (QED) is 0.317. The normalized spacial score (nSPS) is 16.0. The SMILES string of the molecule is CCN1CCC[C@@H]1CNC(=O)c1ccc(CSc2nc3ccncc3n2Cc2ccccc2C)cc1. The van der Waals surface area contributed by atoms with E-state index in [1.807, 2.05) is 36.5 Å². The predicted octanol–water partition coefficient (Wildman–Crippen LogP) is 5.29. The second-order valence-corrected chi connectivity index (χ2v) is 10.3. The van der Waals surface area contributed by atoms with E-state index in [2.05, 4.69) is 57.9 Å². The molecule has 0 unspecified atom stereocenters. The van der Waals surface area contributed by atoms with Gasteiger partial charge in [-0.05, 0) is 67.7 Å². The summed E-state index contributed by atoms with van der Waals surface area (Å²) in [5.41, 5.74) is 6.41. The average molecular weight is 500 g/mol. The number of hydrogen-bond acceptors (Lipinski definition) is 5. The molecule has 1 N–H and O–H groups in total. The highest BCUT2D eigenvalue weighted by atomic mass is 32.2. The van der Waals surface area contributed by atoms with Gasteiger partial charge < -0.3 is 9.88 Å². The van der Waals surface area contributed by atoms with Crippen LogP contribution in [0.3, 0.4) is 0 Å². The zero-order valence-corrected chi connectivity index (χ0v) is 21.8. The highest BCUT2D eigenvalue weighted by molar-refractivity contribution is 7.98. The summed E-state index contributed by atoms with van der Waals surface area (Å²) in [6, 6.07) is 18.8. The van der Waals surface area contributed by atoms with Crippen molar-refractivity contribution in [3.05, 3.63) is 89.2 Å². The number of benzene rings is 2. The number of carbonyl (C=O) groups is 1. The Hall–Kier alpha value is -3.16. The third-order valence-electron chi connectivity index (χ3n) is 7.09. The smallest absolute Gasteiger partial charge is 0.251 e. The fraction of sp³-hybridized carbons (Fsp3) is 0.345. The van der Waals surface area contributed by atoms with Crippen LogP contribution in [0.1, 0.15) is 46.8 Å². The summed E-state index contributed by atoms with van der Waals surface area (Å²) in [5.74, 6) is 0.782. The van der Waals surface area contributed by atoms with Crippen molar-refractivity contribution in [2.75, 3.05) is 19.6 Å². The van der Waals surface area contributed by atoms with Gasteiger partial charge in [0.15, 0.2) is 5.16 Å². The monoisotopic (exact) mass is 499 g/mol. The minimum Gasteiger partial charge on any atom is -0.350 e. The molecule has 2 aromatic heterocycles. The van der Waals surface area contributed by atoms with E-state index in [0.29, 0.717) is 11.6 Å². The van der Waals surface area contributed by atoms with Crippen LogP contribution in [0, 0.1) is 6.92 Å². The van der Waals surface area contributed by atoms with Crippen molar-refractivity contribution in [3.63, 3.8) is 0 Å². The average Bonchev–Trinajstić information content (AvgIpc) is 3.51. The molecule has 5 rings (SSSR count). The van der Waals surface area contributed by atoms with Crippen molar-refractivity contribution in [1.29, 1.82) is 0 Å². The number of nitrogens with zero attached hydrogens (tertiary/aromatic N) is 4. The number of pyridine rings is 1. The zero-order valence-electron chi connectivity index (χ0n) is 21.0. The number of hydrogen-bond donors (Lipinski definition) is 1. The third-order valence-corrected chi connectivity index (χ3v) is 8.14. The number of likely N-dealkylation sites (N-methyl/N-ethyl adjacent to an activating group) is 1. The van der Waals surface area contributed by atoms with Gasteiger partial charge in [-0.2, -0.15) is 0 Å². The Morgan fingerprint density at radius 3 is 2.78 bits per heavy atom. The van der Waals surface area contributed by atoms with Crippen LogP contribution in [0.15, 0.2) is 72.1 Å².